The fraction of sp³-hybridized carbons (Fsp3) is 0.278. The number of anilines is 2. The molecule has 2 aromatic carbocycles. The van der Waals surface area contributed by atoms with Gasteiger partial charge in [0.15, 0.2) is 0 Å². The van der Waals surface area contributed by atoms with Crippen LogP contribution in [0.2, 0.25) is 0 Å². The Morgan fingerprint density at radius 1 is 1.08 bits per heavy atom. The maximum Gasteiger partial charge on any atom is 0.288 e. The third-order valence-electron chi connectivity index (χ3n) is 4.01. The van der Waals surface area contributed by atoms with E-state index in [2.05, 4.69) is 10.6 Å². The van der Waals surface area contributed by atoms with Gasteiger partial charge in [-0.15, -0.1) is 0 Å². The first kappa shape index (κ1) is 17.7. The summed E-state index contributed by atoms with van der Waals surface area (Å²) in [6.07, 6.45) is 0. The van der Waals surface area contributed by atoms with Crippen molar-refractivity contribution in [3.05, 3.63) is 54.1 Å². The number of nitrogens with zero attached hydrogens (tertiary/aromatic N) is 1. The Morgan fingerprint density at radius 3 is 2.44 bits per heavy atom. The van der Waals surface area contributed by atoms with Crippen molar-refractivity contribution in [3.8, 4) is 0 Å². The summed E-state index contributed by atoms with van der Waals surface area (Å²) in [7, 11) is 0. The summed E-state index contributed by atoms with van der Waals surface area (Å²) in [5.74, 6) is -2.42. The molecule has 25 heavy (non-hydrogen) atoms. The second-order valence-electron chi connectivity index (χ2n) is 5.73. The normalized spacial score (nSPS) is 14.6. The number of nitrogens with two attached hydrogens (primary N) is 1. The highest BCUT2D eigenvalue weighted by molar-refractivity contribution is 7.99. The number of para-hydroxylation sites is 1. The lowest BCUT2D eigenvalue weighted by molar-refractivity contribution is -0.661. The first-order valence-electron chi connectivity index (χ1n) is 8.15. The zero-order chi connectivity index (χ0) is 17.6. The largest absolute Gasteiger partial charge is 0.355 e. The second kappa shape index (κ2) is 8.31. The summed E-state index contributed by atoms with van der Waals surface area (Å²) in [6.45, 7) is 3.33. The van der Waals surface area contributed by atoms with E-state index in [1.54, 1.807) is 24.3 Å². The Bertz CT molecular complexity index is 719. The molecule has 1 aliphatic heterocycles. The predicted molar refractivity (Wildman–Crippen MR) is 95.6 cm³/mol. The smallest absolute Gasteiger partial charge is 0.288 e. The van der Waals surface area contributed by atoms with Crippen molar-refractivity contribution >= 4 is 29.0 Å². The molecule has 1 saturated heterocycles. The van der Waals surface area contributed by atoms with Crippen molar-refractivity contribution in [2.24, 2.45) is 0 Å². The maximum atomic E-state index is 12.8. The van der Waals surface area contributed by atoms with Crippen LogP contribution in [0.5, 0.6) is 0 Å². The molecule has 3 N–H and O–H groups in total. The third kappa shape index (κ3) is 4.70. The monoisotopic (exact) mass is 364 g/mol. The number of halogens is 2. The molecule has 0 saturated carbocycles. The minimum Gasteiger partial charge on any atom is -0.355 e. The molecule has 0 aromatic heterocycles. The van der Waals surface area contributed by atoms with Crippen LogP contribution in [0, 0.1) is 0 Å². The molecule has 4 nitrogen and oxygen atoms in total. The maximum absolute atomic E-state index is 12.8. The summed E-state index contributed by atoms with van der Waals surface area (Å²) in [5, 5.41) is 5.42. The van der Waals surface area contributed by atoms with Crippen LogP contribution in [0.3, 0.4) is 0 Å². The minimum absolute atomic E-state index is 0.0149. The van der Waals surface area contributed by atoms with Gasteiger partial charge in [0.05, 0.1) is 37.4 Å². The van der Waals surface area contributed by atoms with E-state index in [-0.39, 0.29) is 5.91 Å². The number of carbonyl (C=O) groups is 1. The number of carbonyl (C=O) groups excluding carboxylic acids is 1. The van der Waals surface area contributed by atoms with E-state index < -0.39 is 5.76 Å². The van der Waals surface area contributed by atoms with Crippen LogP contribution in [-0.2, 0) is 0 Å². The molecule has 2 aromatic rings. The van der Waals surface area contributed by atoms with E-state index in [1.807, 2.05) is 29.2 Å². The highest BCUT2D eigenvalue weighted by Crippen LogP contribution is 2.28. The van der Waals surface area contributed by atoms with Gasteiger partial charge in [-0.3, -0.25) is 4.79 Å². The van der Waals surface area contributed by atoms with Crippen LogP contribution in [0.4, 0.5) is 20.2 Å². The number of nitrogens with one attached hydrogen (secondary N) is 1. The zero-order valence-electron chi connectivity index (χ0n) is 13.6. The molecule has 1 heterocycles. The second-order valence-corrected chi connectivity index (χ2v) is 6.80. The van der Waals surface area contributed by atoms with Gasteiger partial charge in [0.2, 0.25) is 0 Å². The van der Waals surface area contributed by atoms with E-state index >= 15 is 0 Å². The van der Waals surface area contributed by atoms with Gasteiger partial charge in [-0.25, -0.2) is 0 Å². The zero-order valence-corrected chi connectivity index (χ0v) is 14.4. The number of amides is 1. The number of thioether (sulfide) groups is 1. The predicted octanol–water partition coefficient (Wildman–Crippen LogP) is 2.76. The fourth-order valence-electron chi connectivity index (χ4n) is 2.78. The van der Waals surface area contributed by atoms with Crippen molar-refractivity contribution in [1.82, 2.24) is 4.90 Å². The molecule has 0 radical (unpaired) electrons. The molecule has 0 spiro atoms. The Kier molecular flexibility index (Phi) is 5.88. The highest BCUT2D eigenvalue weighted by Gasteiger charge is 2.21. The quantitative estimate of drug-likeness (QED) is 0.802. The summed E-state index contributed by atoms with van der Waals surface area (Å²) in [6, 6.07) is 14.1. The fourth-order valence-corrected chi connectivity index (χ4v) is 3.28. The van der Waals surface area contributed by atoms with Crippen LogP contribution in [0.15, 0.2) is 53.4 Å². The molecule has 0 unspecified atom stereocenters. The van der Waals surface area contributed by atoms with Crippen LogP contribution in [0.25, 0.3) is 0 Å². The molecule has 0 aliphatic carbocycles. The number of hydrogen-bond donors (Lipinski definition) is 2. The summed E-state index contributed by atoms with van der Waals surface area (Å²) in [5.41, 5.74) is 2.09. The van der Waals surface area contributed by atoms with E-state index in [0.717, 1.165) is 37.6 Å². The Hall–Kier alpha value is -2.12. The Balaban J connectivity index is 1.75. The Morgan fingerprint density at radius 2 is 1.76 bits per heavy atom. The lowest BCUT2D eigenvalue weighted by Gasteiger charge is -2.26. The summed E-state index contributed by atoms with van der Waals surface area (Å²) >= 11 is 0.515. The van der Waals surface area contributed by atoms with E-state index in [9.17, 15) is 13.6 Å². The summed E-state index contributed by atoms with van der Waals surface area (Å²) in [4.78, 5) is 15.1. The lowest BCUT2D eigenvalue weighted by Crippen LogP contribution is -2.89. The van der Waals surface area contributed by atoms with Crippen molar-refractivity contribution in [2.75, 3.05) is 31.5 Å². The molecule has 132 valence electrons. The highest BCUT2D eigenvalue weighted by atomic mass is 32.2. The molecule has 1 amide bonds. The van der Waals surface area contributed by atoms with Crippen LogP contribution in [0.1, 0.15) is 10.4 Å². The molecule has 0 bridgehead atoms. The molecule has 1 fully saturated rings. The molecule has 3 rings (SSSR count). The summed E-state index contributed by atoms with van der Waals surface area (Å²) < 4.78 is 24.8. The van der Waals surface area contributed by atoms with Crippen molar-refractivity contribution < 1.29 is 18.9 Å². The first-order chi connectivity index (χ1) is 12.1. The van der Waals surface area contributed by atoms with Crippen molar-refractivity contribution in [2.45, 2.75) is 10.7 Å². The van der Waals surface area contributed by atoms with Gasteiger partial charge in [0.1, 0.15) is 0 Å². The van der Waals surface area contributed by atoms with Crippen molar-refractivity contribution in [3.63, 3.8) is 0 Å². The Labute approximate surface area is 149 Å². The number of benzene rings is 2. The van der Waals surface area contributed by atoms with Gasteiger partial charge in [0, 0.05) is 10.6 Å². The topological polar surface area (TPSA) is 49.0 Å². The molecular formula is C18H20F2N3OS+. The molecule has 0 atom stereocenters. The van der Waals surface area contributed by atoms with Gasteiger partial charge in [-0.1, -0.05) is 23.9 Å². The standard InChI is InChI=1S/C18H19F2N3OS/c19-18(20)25-14-7-5-13(6-8-14)22-16-4-2-1-3-15(16)17(24)23-11-9-21-10-12-23/h1-8,18,21-22H,9-12H2/p+1. The molecule has 1 aliphatic rings. The van der Waals surface area contributed by atoms with Gasteiger partial charge in [-0.05, 0) is 36.4 Å². The van der Waals surface area contributed by atoms with Gasteiger partial charge < -0.3 is 15.5 Å². The molecule has 7 heteroatoms. The lowest BCUT2D eigenvalue weighted by atomic mass is 10.1. The van der Waals surface area contributed by atoms with Crippen LogP contribution in [-0.4, -0.2) is 42.7 Å². The first-order valence-corrected chi connectivity index (χ1v) is 9.03. The number of rotatable bonds is 5. The third-order valence-corrected chi connectivity index (χ3v) is 4.73. The number of hydrogen-bond acceptors (Lipinski definition) is 3. The molecular weight excluding hydrogens is 344 g/mol. The SMILES string of the molecule is O=C(c1ccccc1Nc1ccc(SC(F)F)cc1)N1CC[NH2+]CC1. The number of piperazine rings is 1. The number of alkyl halides is 2. The van der Waals surface area contributed by atoms with Crippen molar-refractivity contribution in [1.29, 1.82) is 0 Å². The van der Waals surface area contributed by atoms with E-state index in [1.165, 1.54) is 0 Å². The van der Waals surface area contributed by atoms with E-state index in [4.69, 9.17) is 0 Å². The average molecular weight is 364 g/mol. The van der Waals surface area contributed by atoms with Crippen LogP contribution < -0.4 is 10.6 Å². The average Bonchev–Trinajstić information content (AvgIpc) is 2.63. The van der Waals surface area contributed by atoms with Gasteiger partial charge in [0.25, 0.3) is 11.7 Å². The van der Waals surface area contributed by atoms with Crippen LogP contribution >= 0.6 is 11.8 Å². The van der Waals surface area contributed by atoms with E-state index in [0.29, 0.717) is 22.2 Å². The van der Waals surface area contributed by atoms with Gasteiger partial charge in [-0.2, -0.15) is 8.78 Å². The minimum atomic E-state index is -2.43. The van der Waals surface area contributed by atoms with Gasteiger partial charge >= 0.3 is 0 Å². The number of quaternary nitrogens is 1.